The molecular weight excluding hydrogens is 240 g/mol. The Hall–Kier alpha value is 0.436. The van der Waals surface area contributed by atoms with Crippen molar-refractivity contribution in [1.29, 1.82) is 0 Å². The smallest absolute Gasteiger partial charge is 0.498 e. The van der Waals surface area contributed by atoms with Crippen LogP contribution in [0.15, 0.2) is 6.08 Å². The van der Waals surface area contributed by atoms with Gasteiger partial charge < -0.3 is 10.5 Å². The molecule has 0 aliphatic carbocycles. The zero-order valence-corrected chi connectivity index (χ0v) is 11.8. The molecule has 0 aliphatic rings. The molecule has 0 rings (SSSR count). The van der Waals surface area contributed by atoms with E-state index in [0.29, 0.717) is 0 Å². The molecule has 0 aromatic rings. The minimum absolute atomic E-state index is 0. The molecule has 0 aromatic heterocycles. The van der Waals surface area contributed by atoms with E-state index in [4.69, 9.17) is 4.43 Å². The Morgan fingerprint density at radius 1 is 1.29 bits per heavy atom. The molecule has 0 saturated carbocycles. The fourth-order valence-corrected chi connectivity index (χ4v) is 1.64. The van der Waals surface area contributed by atoms with Crippen LogP contribution in [0, 0.1) is 6.08 Å². The maximum absolute atomic E-state index is 5.69. The van der Waals surface area contributed by atoms with Crippen LogP contribution in [-0.2, 0) is 21.5 Å². The number of allylic oxidation sites excluding steroid dienone is 1. The van der Waals surface area contributed by atoms with Crippen molar-refractivity contribution in [3.8, 4) is 0 Å². The first kappa shape index (κ1) is 16.9. The molecule has 0 heterocycles. The van der Waals surface area contributed by atoms with Gasteiger partial charge in [-0.25, -0.2) is 0 Å². The van der Waals surface area contributed by atoms with Gasteiger partial charge in [0.1, 0.15) is 0 Å². The van der Waals surface area contributed by atoms with Crippen molar-refractivity contribution in [3.63, 3.8) is 0 Å². The molecule has 0 unspecified atom stereocenters. The van der Waals surface area contributed by atoms with Gasteiger partial charge in [-0.3, -0.25) is 6.08 Å². The van der Waals surface area contributed by atoms with Gasteiger partial charge in [-0.15, -0.1) is 0 Å². The van der Waals surface area contributed by atoms with Gasteiger partial charge in [-0.2, -0.15) is 6.42 Å². The number of rotatable bonds is 7. The second-order valence-corrected chi connectivity index (χ2v) is 8.77. The van der Waals surface area contributed by atoms with E-state index in [1.165, 1.54) is 19.3 Å². The largest absolute Gasteiger partial charge is 1.00 e. The normalized spacial score (nSPS) is 11.7. The van der Waals surface area contributed by atoms with E-state index in [1.54, 1.807) is 0 Å². The third-order valence-corrected chi connectivity index (χ3v) is 2.70. The Bertz CT molecular complexity index is 141. The van der Waals surface area contributed by atoms with Crippen LogP contribution >= 0.6 is 0 Å². The van der Waals surface area contributed by atoms with Crippen molar-refractivity contribution >= 4 is 8.32 Å². The van der Waals surface area contributed by atoms with Gasteiger partial charge in [0.05, 0.1) is 0 Å². The minimum Gasteiger partial charge on any atom is -0.498 e. The average molecular weight is 263 g/mol. The summed E-state index contributed by atoms with van der Waals surface area (Å²) >= 11 is 0. The van der Waals surface area contributed by atoms with Gasteiger partial charge in [-0.1, -0.05) is 26.2 Å². The Morgan fingerprint density at radius 2 is 1.93 bits per heavy atom. The molecule has 0 aliphatic heterocycles. The Labute approximate surface area is 101 Å². The number of hydrogen-bond donors (Lipinski definition) is 0. The van der Waals surface area contributed by atoms with E-state index >= 15 is 0 Å². The van der Waals surface area contributed by atoms with E-state index in [-0.39, 0.29) is 17.1 Å². The summed E-state index contributed by atoms with van der Waals surface area (Å²) in [4.78, 5) is 0. The van der Waals surface area contributed by atoms with Crippen molar-refractivity contribution < 1.29 is 21.5 Å². The van der Waals surface area contributed by atoms with Crippen LogP contribution in [0.2, 0.25) is 19.6 Å². The molecule has 0 radical (unpaired) electrons. The summed E-state index contributed by atoms with van der Waals surface area (Å²) in [6, 6.07) is 0. The first-order valence-corrected chi connectivity index (χ1v) is 8.66. The molecule has 0 aromatic carbocycles. The summed E-state index contributed by atoms with van der Waals surface area (Å²) in [5, 5.41) is 0. The molecule has 0 spiro atoms. The van der Waals surface area contributed by atoms with Gasteiger partial charge in [-0.05, 0) is 19.6 Å². The maximum atomic E-state index is 5.69. The van der Waals surface area contributed by atoms with Crippen molar-refractivity contribution in [2.75, 3.05) is 6.61 Å². The molecule has 0 N–H and O–H groups in total. The van der Waals surface area contributed by atoms with Gasteiger partial charge in [0.25, 0.3) is 0 Å². The monoisotopic (exact) mass is 262 g/mol. The van der Waals surface area contributed by atoms with Crippen LogP contribution in [0.25, 0.3) is 0 Å². The molecule has 88 valence electrons. The quantitative estimate of drug-likeness (QED) is 0.386. The zero-order valence-electron chi connectivity index (χ0n) is 9.82. The third-order valence-electron chi connectivity index (χ3n) is 1.63. The first-order valence-electron chi connectivity index (χ1n) is 5.25. The van der Waals surface area contributed by atoms with Gasteiger partial charge in [0, 0.05) is 6.61 Å². The molecule has 3 heteroatoms. The van der Waals surface area contributed by atoms with Crippen LogP contribution in [0.1, 0.15) is 32.6 Å². The van der Waals surface area contributed by atoms with Gasteiger partial charge in [0.2, 0.25) is 0 Å². The standard InChI is InChI=1S/C11H23OSi.Cu/c1-5-6-7-8-9-10-11-12-13(2,3)4;/h8H,5-7,10-11H2,1-4H3;/q-1;+1. The summed E-state index contributed by atoms with van der Waals surface area (Å²) in [7, 11) is -1.29. The summed E-state index contributed by atoms with van der Waals surface area (Å²) in [6.07, 6.45) is 10.1. The number of hydrogen-bond acceptors (Lipinski definition) is 1. The Balaban J connectivity index is 0. The predicted octanol–water partition coefficient (Wildman–Crippen LogP) is 3.78. The summed E-state index contributed by atoms with van der Waals surface area (Å²) in [5.41, 5.74) is 0. The Kier molecular flexibility index (Phi) is 12.0. The van der Waals surface area contributed by atoms with Crippen molar-refractivity contribution in [2.45, 2.75) is 52.2 Å². The average Bonchev–Trinajstić information content (AvgIpc) is 2.01. The number of unbranched alkanes of at least 4 members (excludes halogenated alkanes) is 2. The van der Waals surface area contributed by atoms with E-state index in [9.17, 15) is 0 Å². The molecule has 0 saturated heterocycles. The van der Waals surface area contributed by atoms with E-state index < -0.39 is 8.32 Å². The third kappa shape index (κ3) is 14.9. The minimum atomic E-state index is -1.29. The van der Waals surface area contributed by atoms with E-state index in [2.05, 4.69) is 38.7 Å². The summed E-state index contributed by atoms with van der Waals surface area (Å²) in [6.45, 7) is 9.70. The van der Waals surface area contributed by atoms with Crippen molar-refractivity contribution in [1.82, 2.24) is 0 Å². The van der Waals surface area contributed by atoms with Crippen molar-refractivity contribution in [2.24, 2.45) is 0 Å². The Morgan fingerprint density at radius 3 is 2.43 bits per heavy atom. The summed E-state index contributed by atoms with van der Waals surface area (Å²) in [5.74, 6) is 0. The van der Waals surface area contributed by atoms with Crippen LogP contribution in [0.5, 0.6) is 0 Å². The predicted molar refractivity (Wildman–Crippen MR) is 61.3 cm³/mol. The van der Waals surface area contributed by atoms with Crippen LogP contribution in [0.3, 0.4) is 0 Å². The molecule has 0 atom stereocenters. The maximum Gasteiger partial charge on any atom is 1.00 e. The zero-order chi connectivity index (χ0) is 10.2. The first-order chi connectivity index (χ1) is 6.06. The fourth-order valence-electron chi connectivity index (χ4n) is 0.926. The van der Waals surface area contributed by atoms with Gasteiger partial charge >= 0.3 is 17.1 Å². The molecule has 1 nitrogen and oxygen atoms in total. The second kappa shape index (κ2) is 9.97. The van der Waals surface area contributed by atoms with Crippen LogP contribution in [0.4, 0.5) is 0 Å². The summed E-state index contributed by atoms with van der Waals surface area (Å²) < 4.78 is 5.69. The SMILES string of the molecule is CCCCC=[C-]CCO[Si](C)(C)C.[Cu+]. The van der Waals surface area contributed by atoms with E-state index in [1.807, 2.05) is 0 Å². The van der Waals surface area contributed by atoms with Crippen molar-refractivity contribution in [3.05, 3.63) is 12.2 Å². The molecule has 0 amide bonds. The molecule has 0 fully saturated rings. The van der Waals surface area contributed by atoms with Crippen LogP contribution in [-0.4, -0.2) is 14.9 Å². The fraction of sp³-hybridized carbons (Fsp3) is 0.818. The topological polar surface area (TPSA) is 9.23 Å². The molecule has 0 bridgehead atoms. The van der Waals surface area contributed by atoms with Gasteiger partial charge in [0.15, 0.2) is 8.32 Å². The molecule has 14 heavy (non-hydrogen) atoms. The van der Waals surface area contributed by atoms with Crippen LogP contribution < -0.4 is 0 Å². The van der Waals surface area contributed by atoms with E-state index in [0.717, 1.165) is 13.0 Å². The second-order valence-electron chi connectivity index (χ2n) is 4.26. The molecular formula is C11H23CuOSi.